The first-order valence-electron chi connectivity index (χ1n) is 9.74. The highest BCUT2D eigenvalue weighted by atomic mass is 32.2. The third-order valence-corrected chi connectivity index (χ3v) is 6.63. The highest BCUT2D eigenvalue weighted by molar-refractivity contribution is 8.00. The summed E-state index contributed by atoms with van der Waals surface area (Å²) in [4.78, 5) is 17.5. The third kappa shape index (κ3) is 3.01. The first-order valence-corrected chi connectivity index (χ1v) is 10.7. The maximum absolute atomic E-state index is 12.9. The number of imidazole rings is 1. The fourth-order valence-electron chi connectivity index (χ4n) is 4.13. The number of fused-ring (bicyclic) bond motifs is 4. The van der Waals surface area contributed by atoms with Gasteiger partial charge in [0.15, 0.2) is 11.4 Å². The fraction of sp³-hybridized carbons (Fsp3) is 0.208. The Hall–Kier alpha value is -3.10. The molecule has 0 unspecified atom stereocenters. The van der Waals surface area contributed by atoms with E-state index < -0.39 is 0 Å². The van der Waals surface area contributed by atoms with E-state index in [4.69, 9.17) is 0 Å². The van der Waals surface area contributed by atoms with E-state index >= 15 is 0 Å². The standard InChI is InChI=1S/C24H19N3OS/c1-15-11-23(27-21-8-3-2-7-20(21)26-24(27)19(15)13-25)29-14-22(28)18-10-9-16-5-4-6-17(16)12-18/h2-3,7-12H,4-6,14H2,1H3. The molecule has 0 amide bonds. The predicted octanol–water partition coefficient (Wildman–Crippen LogP) is 5.13. The van der Waals surface area contributed by atoms with E-state index in [-0.39, 0.29) is 5.78 Å². The van der Waals surface area contributed by atoms with E-state index in [1.54, 1.807) is 0 Å². The summed E-state index contributed by atoms with van der Waals surface area (Å²) in [6, 6.07) is 18.2. The van der Waals surface area contributed by atoms with Gasteiger partial charge in [0.2, 0.25) is 0 Å². The van der Waals surface area contributed by atoms with Crippen molar-refractivity contribution >= 4 is 34.2 Å². The van der Waals surface area contributed by atoms with Gasteiger partial charge >= 0.3 is 0 Å². The molecule has 0 bridgehead atoms. The molecule has 5 rings (SSSR count). The van der Waals surface area contributed by atoms with Crippen LogP contribution in [-0.2, 0) is 12.8 Å². The molecule has 29 heavy (non-hydrogen) atoms. The molecule has 2 aromatic carbocycles. The molecule has 0 radical (unpaired) electrons. The van der Waals surface area contributed by atoms with E-state index in [1.807, 2.05) is 47.7 Å². The zero-order valence-corrected chi connectivity index (χ0v) is 16.9. The number of nitrogens with zero attached hydrogens (tertiary/aromatic N) is 3. The average molecular weight is 398 g/mol. The summed E-state index contributed by atoms with van der Waals surface area (Å²) in [5.41, 5.74) is 7.39. The van der Waals surface area contributed by atoms with Crippen molar-refractivity contribution in [3.63, 3.8) is 0 Å². The molecule has 2 aromatic heterocycles. The number of thioether (sulfide) groups is 1. The molecular weight excluding hydrogens is 378 g/mol. The monoisotopic (exact) mass is 397 g/mol. The molecule has 0 N–H and O–H groups in total. The summed E-state index contributed by atoms with van der Waals surface area (Å²) < 4.78 is 2.00. The molecule has 0 aliphatic heterocycles. The number of Topliss-reactive ketones (excluding diaryl/α,β-unsaturated/α-hetero) is 1. The number of aromatic nitrogens is 2. The number of rotatable bonds is 4. The van der Waals surface area contributed by atoms with Crippen molar-refractivity contribution < 1.29 is 4.79 Å². The van der Waals surface area contributed by atoms with Gasteiger partial charge in [-0.25, -0.2) is 4.98 Å². The van der Waals surface area contributed by atoms with E-state index in [0.717, 1.165) is 40.0 Å². The Morgan fingerprint density at radius 1 is 1.17 bits per heavy atom. The van der Waals surface area contributed by atoms with E-state index in [1.165, 1.54) is 29.3 Å². The Balaban J connectivity index is 1.52. The second-order valence-corrected chi connectivity index (χ2v) is 8.46. The van der Waals surface area contributed by atoms with Crippen LogP contribution in [0.2, 0.25) is 0 Å². The Kier molecular flexibility index (Phi) is 4.37. The van der Waals surface area contributed by atoms with Gasteiger partial charge in [-0.3, -0.25) is 9.20 Å². The molecule has 5 heteroatoms. The minimum atomic E-state index is 0.129. The van der Waals surface area contributed by atoms with Crippen molar-refractivity contribution in [2.75, 3.05) is 5.75 Å². The molecule has 0 spiro atoms. The molecule has 4 nitrogen and oxygen atoms in total. The van der Waals surface area contributed by atoms with Crippen LogP contribution in [0, 0.1) is 18.3 Å². The molecule has 2 heterocycles. The lowest BCUT2D eigenvalue weighted by Gasteiger charge is -2.10. The van der Waals surface area contributed by atoms with Gasteiger partial charge in [-0.2, -0.15) is 5.26 Å². The van der Waals surface area contributed by atoms with Crippen LogP contribution >= 0.6 is 11.8 Å². The summed E-state index contributed by atoms with van der Waals surface area (Å²) in [6.45, 7) is 1.92. The van der Waals surface area contributed by atoms with E-state index in [2.05, 4.69) is 23.2 Å². The lowest BCUT2D eigenvalue weighted by atomic mass is 10.0. The van der Waals surface area contributed by atoms with E-state index in [0.29, 0.717) is 17.0 Å². The van der Waals surface area contributed by atoms with Crippen molar-refractivity contribution in [3.8, 4) is 6.07 Å². The van der Waals surface area contributed by atoms with Crippen molar-refractivity contribution in [2.45, 2.75) is 31.2 Å². The van der Waals surface area contributed by atoms with Gasteiger partial charge in [0.1, 0.15) is 6.07 Å². The Labute approximate surface area is 173 Å². The highest BCUT2D eigenvalue weighted by Gasteiger charge is 2.18. The first kappa shape index (κ1) is 18.0. The number of hydrogen-bond donors (Lipinski definition) is 0. The van der Waals surface area contributed by atoms with E-state index in [9.17, 15) is 10.1 Å². The van der Waals surface area contributed by atoms with Gasteiger partial charge in [0.05, 0.1) is 27.4 Å². The minimum Gasteiger partial charge on any atom is -0.293 e. The minimum absolute atomic E-state index is 0.129. The molecule has 142 valence electrons. The van der Waals surface area contributed by atoms with Gasteiger partial charge in [0.25, 0.3) is 0 Å². The second kappa shape index (κ2) is 7.06. The van der Waals surface area contributed by atoms with Gasteiger partial charge < -0.3 is 0 Å². The molecule has 0 saturated carbocycles. The number of para-hydroxylation sites is 2. The van der Waals surface area contributed by atoms with Crippen molar-refractivity contribution in [2.24, 2.45) is 0 Å². The maximum Gasteiger partial charge on any atom is 0.173 e. The largest absolute Gasteiger partial charge is 0.293 e. The average Bonchev–Trinajstić information content (AvgIpc) is 3.35. The lowest BCUT2D eigenvalue weighted by molar-refractivity contribution is 0.102. The number of carbonyl (C=O) groups excluding carboxylic acids is 1. The SMILES string of the molecule is Cc1cc(SCC(=O)c2ccc3c(c2)CCC3)n2c(nc3ccccc32)c1C#N. The topological polar surface area (TPSA) is 58.2 Å². The summed E-state index contributed by atoms with van der Waals surface area (Å²) in [5.74, 6) is 0.482. The zero-order valence-electron chi connectivity index (χ0n) is 16.1. The van der Waals surface area contributed by atoms with Crippen LogP contribution in [0.5, 0.6) is 0 Å². The number of ketones is 1. The van der Waals surface area contributed by atoms with Gasteiger partial charge in [-0.05, 0) is 67.1 Å². The van der Waals surface area contributed by atoms with Crippen LogP contribution in [0.25, 0.3) is 16.7 Å². The molecule has 0 atom stereocenters. The normalized spacial score (nSPS) is 13.0. The zero-order chi connectivity index (χ0) is 20.0. The van der Waals surface area contributed by atoms with Crippen LogP contribution in [0.15, 0.2) is 53.6 Å². The Bertz CT molecular complexity index is 1330. The van der Waals surface area contributed by atoms with Gasteiger partial charge in [-0.15, -0.1) is 0 Å². The summed E-state index contributed by atoms with van der Waals surface area (Å²) >= 11 is 1.50. The van der Waals surface area contributed by atoms with Gasteiger partial charge in [-0.1, -0.05) is 36.0 Å². The van der Waals surface area contributed by atoms with Crippen molar-refractivity contribution in [1.29, 1.82) is 5.26 Å². The number of pyridine rings is 1. The fourth-order valence-corrected chi connectivity index (χ4v) is 5.15. The number of aryl methyl sites for hydroxylation is 3. The summed E-state index contributed by atoms with van der Waals surface area (Å²) in [7, 11) is 0. The molecule has 0 fully saturated rings. The first-order chi connectivity index (χ1) is 14.2. The molecule has 0 saturated heterocycles. The summed E-state index contributed by atoms with van der Waals surface area (Å²) in [5, 5.41) is 10.5. The number of hydrogen-bond acceptors (Lipinski definition) is 4. The maximum atomic E-state index is 12.9. The molecule has 4 aromatic rings. The number of nitriles is 1. The Morgan fingerprint density at radius 3 is 2.86 bits per heavy atom. The highest BCUT2D eigenvalue weighted by Crippen LogP contribution is 2.30. The van der Waals surface area contributed by atoms with Crippen LogP contribution in [0.1, 0.15) is 39.0 Å². The Morgan fingerprint density at radius 2 is 2.00 bits per heavy atom. The van der Waals surface area contributed by atoms with Crippen LogP contribution in [0.4, 0.5) is 0 Å². The summed E-state index contributed by atoms with van der Waals surface area (Å²) in [6.07, 6.45) is 3.37. The molecule has 1 aliphatic carbocycles. The smallest absolute Gasteiger partial charge is 0.173 e. The molecular formula is C24H19N3OS. The molecule has 1 aliphatic rings. The predicted molar refractivity (Wildman–Crippen MR) is 116 cm³/mol. The lowest BCUT2D eigenvalue weighted by Crippen LogP contribution is -2.05. The third-order valence-electron chi connectivity index (χ3n) is 5.62. The quantitative estimate of drug-likeness (QED) is 0.354. The number of benzene rings is 2. The number of carbonyl (C=O) groups is 1. The van der Waals surface area contributed by atoms with Crippen LogP contribution in [-0.4, -0.2) is 20.9 Å². The van der Waals surface area contributed by atoms with Crippen molar-refractivity contribution in [1.82, 2.24) is 9.38 Å². The second-order valence-electron chi connectivity index (χ2n) is 7.46. The van der Waals surface area contributed by atoms with Crippen molar-refractivity contribution in [3.05, 3.63) is 76.3 Å². The van der Waals surface area contributed by atoms with Crippen LogP contribution in [0.3, 0.4) is 0 Å². The van der Waals surface area contributed by atoms with Gasteiger partial charge in [0, 0.05) is 5.56 Å². The van der Waals surface area contributed by atoms with Crippen LogP contribution < -0.4 is 0 Å².